The molecule has 0 radical (unpaired) electrons. The van der Waals surface area contributed by atoms with Crippen LogP contribution in [-0.4, -0.2) is 48.7 Å². The van der Waals surface area contributed by atoms with Crippen LogP contribution in [0.5, 0.6) is 0 Å². The molecule has 0 unspecified atom stereocenters. The van der Waals surface area contributed by atoms with E-state index >= 15 is 0 Å². The van der Waals surface area contributed by atoms with Crippen LogP contribution in [0, 0.1) is 0 Å². The van der Waals surface area contributed by atoms with Crippen LogP contribution in [0.3, 0.4) is 0 Å². The average Bonchev–Trinajstić information content (AvgIpc) is 2.29. The molecule has 8 nitrogen and oxygen atoms in total. The first kappa shape index (κ1) is 16.2. The summed E-state index contributed by atoms with van der Waals surface area (Å²) in [7, 11) is 0. The van der Waals surface area contributed by atoms with E-state index in [4.69, 9.17) is 21.3 Å². The molecule has 0 aromatic heterocycles. The first-order valence-corrected chi connectivity index (χ1v) is 5.57. The monoisotopic (exact) mass is 260 g/mol. The number of carbonyl (C=O) groups excluding carboxylic acids is 2. The highest BCUT2D eigenvalue weighted by atomic mass is 16.5. The zero-order chi connectivity index (χ0) is 14.0. The molecule has 0 aromatic carbocycles. The number of nitrogens with two attached hydrogens (primary N) is 2. The molecule has 0 aliphatic rings. The summed E-state index contributed by atoms with van der Waals surface area (Å²) in [6.45, 7) is 1.32. The topological polar surface area (TPSA) is 140 Å². The third kappa shape index (κ3) is 8.34. The maximum Gasteiger partial charge on any atom is 0.328 e. The van der Waals surface area contributed by atoms with E-state index in [0.29, 0.717) is 19.4 Å². The molecule has 0 spiro atoms. The fraction of sp³-hybridized carbons (Fsp3) is 0.700. The predicted molar refractivity (Wildman–Crippen MR) is 65.6 cm³/mol. The normalized spacial score (nSPS) is 11.4. The van der Waals surface area contributed by atoms with Crippen LogP contribution in [0.4, 0.5) is 0 Å². The summed E-state index contributed by atoms with van der Waals surface area (Å²) in [6.07, 6.45) is 0.887. The van der Waals surface area contributed by atoms with Crippen LogP contribution in [0.15, 0.2) is 4.99 Å². The Balaban J connectivity index is 4.17. The number of nitrogens with one attached hydrogen (secondary N) is 1. The third-order valence-corrected chi connectivity index (χ3v) is 1.94. The molecule has 6 N–H and O–H groups in total. The number of aliphatic imine (C=N–C) groups is 1. The van der Waals surface area contributed by atoms with Gasteiger partial charge >= 0.3 is 5.97 Å². The largest absolute Gasteiger partial charge is 0.462 e. The molecular formula is C10H20N4O4. The van der Waals surface area contributed by atoms with Gasteiger partial charge in [0.2, 0.25) is 5.91 Å². The average molecular weight is 260 g/mol. The minimum atomic E-state index is -0.747. The zero-order valence-electron chi connectivity index (χ0n) is 10.4. The summed E-state index contributed by atoms with van der Waals surface area (Å²) in [5.74, 6) is -0.930. The fourth-order valence-electron chi connectivity index (χ4n) is 1.24. The zero-order valence-corrected chi connectivity index (χ0v) is 10.4. The maximum absolute atomic E-state index is 11.5. The van der Waals surface area contributed by atoms with Gasteiger partial charge in [-0.1, -0.05) is 0 Å². The summed E-state index contributed by atoms with van der Waals surface area (Å²) in [5.41, 5.74) is 10.3. The van der Waals surface area contributed by atoms with Crippen LogP contribution in [0.2, 0.25) is 0 Å². The Morgan fingerprint density at radius 3 is 2.61 bits per heavy atom. The number of hydrogen-bond donors (Lipinski definition) is 4. The second-order valence-electron chi connectivity index (χ2n) is 3.59. The van der Waals surface area contributed by atoms with Gasteiger partial charge in [0, 0.05) is 13.5 Å². The number of aliphatic hydroxyl groups excluding tert-OH is 1. The maximum atomic E-state index is 11.5. The highest BCUT2D eigenvalue weighted by molar-refractivity contribution is 5.83. The molecule has 0 aliphatic carbocycles. The number of carbonyl (C=O) groups is 2. The van der Waals surface area contributed by atoms with E-state index in [1.54, 1.807) is 0 Å². The number of amides is 1. The van der Waals surface area contributed by atoms with E-state index in [0.717, 1.165) is 0 Å². The smallest absolute Gasteiger partial charge is 0.328 e. The molecule has 0 heterocycles. The van der Waals surface area contributed by atoms with Crippen molar-refractivity contribution >= 4 is 17.8 Å². The highest BCUT2D eigenvalue weighted by Gasteiger charge is 2.20. The van der Waals surface area contributed by atoms with E-state index in [1.807, 2.05) is 0 Å². The molecule has 8 heteroatoms. The van der Waals surface area contributed by atoms with Gasteiger partial charge in [0.05, 0.1) is 6.61 Å². The van der Waals surface area contributed by atoms with Crippen LogP contribution in [0.1, 0.15) is 19.8 Å². The van der Waals surface area contributed by atoms with E-state index < -0.39 is 12.0 Å². The first-order valence-electron chi connectivity index (χ1n) is 5.57. The highest BCUT2D eigenvalue weighted by Crippen LogP contribution is 2.01. The van der Waals surface area contributed by atoms with Gasteiger partial charge in [-0.25, -0.2) is 4.79 Å². The second-order valence-corrected chi connectivity index (χ2v) is 3.59. The minimum absolute atomic E-state index is 0.0195. The predicted octanol–water partition coefficient (Wildman–Crippen LogP) is -1.92. The fourth-order valence-corrected chi connectivity index (χ4v) is 1.24. The lowest BCUT2D eigenvalue weighted by Gasteiger charge is -2.15. The SMILES string of the molecule is CC(=O)N[C@@H](CCCN=C(N)N)C(=O)OCCO. The number of ether oxygens (including phenoxy) is 1. The number of guanidine groups is 1. The van der Waals surface area contributed by atoms with Crippen LogP contribution >= 0.6 is 0 Å². The van der Waals surface area contributed by atoms with Crippen molar-refractivity contribution in [3.63, 3.8) is 0 Å². The summed E-state index contributed by atoms with van der Waals surface area (Å²) in [4.78, 5) is 26.2. The standard InChI is InChI=1S/C10H20N4O4/c1-7(16)14-8(9(17)18-6-5-15)3-2-4-13-10(11)12/h8,15H,2-6H2,1H3,(H,14,16)(H4,11,12,13)/t8-/m0/s1. The molecule has 18 heavy (non-hydrogen) atoms. The van der Waals surface area contributed by atoms with E-state index in [1.165, 1.54) is 6.92 Å². The van der Waals surface area contributed by atoms with Crippen molar-refractivity contribution in [1.29, 1.82) is 0 Å². The van der Waals surface area contributed by atoms with Crippen molar-refractivity contribution in [2.24, 2.45) is 16.5 Å². The van der Waals surface area contributed by atoms with E-state index in [2.05, 4.69) is 10.3 Å². The molecule has 0 aromatic rings. The molecule has 1 atom stereocenters. The Morgan fingerprint density at radius 1 is 1.44 bits per heavy atom. The number of nitrogens with zero attached hydrogens (tertiary/aromatic N) is 1. The molecule has 0 saturated heterocycles. The lowest BCUT2D eigenvalue weighted by molar-refractivity contribution is -0.148. The second kappa shape index (κ2) is 9.23. The van der Waals surface area contributed by atoms with Gasteiger partial charge < -0.3 is 26.6 Å². The van der Waals surface area contributed by atoms with Gasteiger partial charge in [0.15, 0.2) is 5.96 Å². The molecule has 0 rings (SSSR count). The van der Waals surface area contributed by atoms with Crippen molar-refractivity contribution in [2.75, 3.05) is 19.8 Å². The van der Waals surface area contributed by atoms with Crippen molar-refractivity contribution in [1.82, 2.24) is 5.32 Å². The summed E-state index contributed by atoms with van der Waals surface area (Å²) >= 11 is 0. The quantitative estimate of drug-likeness (QED) is 0.173. The van der Waals surface area contributed by atoms with E-state index in [-0.39, 0.29) is 25.1 Å². The van der Waals surface area contributed by atoms with Crippen molar-refractivity contribution in [3.05, 3.63) is 0 Å². The lowest BCUT2D eigenvalue weighted by Crippen LogP contribution is -2.41. The Labute approximate surface area is 105 Å². The number of hydrogen-bond acceptors (Lipinski definition) is 5. The summed E-state index contributed by atoms with van der Waals surface area (Å²) in [6, 6.07) is -0.747. The first-order chi connectivity index (χ1) is 8.47. The Morgan fingerprint density at radius 2 is 2.11 bits per heavy atom. The Bertz CT molecular complexity index is 302. The summed E-state index contributed by atoms with van der Waals surface area (Å²) < 4.78 is 4.74. The van der Waals surface area contributed by atoms with Gasteiger partial charge in [0.1, 0.15) is 12.6 Å². The molecule has 1 amide bonds. The summed E-state index contributed by atoms with van der Waals surface area (Å²) in [5, 5.41) is 11.0. The number of aliphatic hydroxyl groups is 1. The molecule has 0 fully saturated rings. The molecule has 0 aliphatic heterocycles. The number of esters is 1. The van der Waals surface area contributed by atoms with Gasteiger partial charge in [-0.05, 0) is 12.8 Å². The number of rotatable bonds is 8. The van der Waals surface area contributed by atoms with Crippen molar-refractivity contribution < 1.29 is 19.4 Å². The molecular weight excluding hydrogens is 240 g/mol. The van der Waals surface area contributed by atoms with E-state index in [9.17, 15) is 9.59 Å². The molecule has 0 saturated carbocycles. The van der Waals surface area contributed by atoms with Gasteiger partial charge in [-0.2, -0.15) is 0 Å². The van der Waals surface area contributed by atoms with Crippen LogP contribution in [-0.2, 0) is 14.3 Å². The Hall–Kier alpha value is -1.83. The lowest BCUT2D eigenvalue weighted by atomic mass is 10.1. The molecule has 0 bridgehead atoms. The van der Waals surface area contributed by atoms with Crippen LogP contribution < -0.4 is 16.8 Å². The van der Waals surface area contributed by atoms with Crippen LogP contribution in [0.25, 0.3) is 0 Å². The molecule has 104 valence electrons. The van der Waals surface area contributed by atoms with Crippen molar-refractivity contribution in [2.45, 2.75) is 25.8 Å². The Kier molecular flexibility index (Phi) is 8.29. The van der Waals surface area contributed by atoms with Gasteiger partial charge in [-0.3, -0.25) is 9.79 Å². The van der Waals surface area contributed by atoms with Gasteiger partial charge in [0.25, 0.3) is 0 Å². The minimum Gasteiger partial charge on any atom is -0.462 e. The third-order valence-electron chi connectivity index (χ3n) is 1.94. The van der Waals surface area contributed by atoms with Crippen molar-refractivity contribution in [3.8, 4) is 0 Å². The van der Waals surface area contributed by atoms with Gasteiger partial charge in [-0.15, -0.1) is 0 Å².